The van der Waals surface area contributed by atoms with Gasteiger partial charge in [0.05, 0.1) is 30.7 Å². The maximum Gasteiger partial charge on any atom is 0.437 e. The quantitative estimate of drug-likeness (QED) is 0.717. The second-order valence-electron chi connectivity index (χ2n) is 4.99. The minimum atomic E-state index is -0.835. The van der Waals surface area contributed by atoms with Gasteiger partial charge in [-0.2, -0.15) is 4.68 Å². The molecule has 0 bridgehead atoms. The van der Waals surface area contributed by atoms with Crippen LogP contribution < -0.4 is 5.76 Å². The third kappa shape index (κ3) is 4.16. The van der Waals surface area contributed by atoms with Crippen molar-refractivity contribution in [2.24, 2.45) is 0 Å². The first kappa shape index (κ1) is 15.7. The summed E-state index contributed by atoms with van der Waals surface area (Å²) in [5, 5.41) is 15.9. The minimum absolute atomic E-state index is 0.0303. The van der Waals surface area contributed by atoms with E-state index < -0.39 is 11.9 Å². The molecule has 3 rings (SSSR count). The Balaban J connectivity index is 1.54. The molecular weight excluding hydrogens is 316 g/mol. The minimum Gasteiger partial charge on any atom is -0.389 e. The number of ether oxygens (including phenoxy) is 1. The molecule has 0 aliphatic heterocycles. The van der Waals surface area contributed by atoms with Gasteiger partial charge in [0.2, 0.25) is 0 Å². The van der Waals surface area contributed by atoms with Crippen LogP contribution in [0.4, 0.5) is 0 Å². The van der Waals surface area contributed by atoms with Crippen LogP contribution in [0, 0.1) is 0 Å². The largest absolute Gasteiger partial charge is 0.437 e. The fourth-order valence-corrected chi connectivity index (χ4v) is 2.71. The second kappa shape index (κ2) is 7.36. The highest BCUT2D eigenvalue weighted by atomic mass is 32.1. The van der Waals surface area contributed by atoms with Crippen LogP contribution >= 0.6 is 11.3 Å². The van der Waals surface area contributed by atoms with Crippen LogP contribution in [0.5, 0.6) is 0 Å². The van der Waals surface area contributed by atoms with Crippen LogP contribution in [0.1, 0.15) is 5.56 Å². The van der Waals surface area contributed by atoms with Gasteiger partial charge in [0.25, 0.3) is 5.89 Å². The predicted molar refractivity (Wildman–Crippen MR) is 86.2 cm³/mol. The number of aliphatic hydroxyl groups is 1. The molecule has 120 valence electrons. The lowest BCUT2D eigenvalue weighted by molar-refractivity contribution is 0.0178. The van der Waals surface area contributed by atoms with Gasteiger partial charge in [-0.05, 0) is 17.0 Å². The molecule has 3 aromatic rings. The van der Waals surface area contributed by atoms with Gasteiger partial charge in [0, 0.05) is 0 Å². The van der Waals surface area contributed by atoms with E-state index in [0.717, 1.165) is 15.1 Å². The van der Waals surface area contributed by atoms with Gasteiger partial charge in [0.1, 0.15) is 0 Å². The number of thiophene rings is 1. The zero-order chi connectivity index (χ0) is 16.1. The summed E-state index contributed by atoms with van der Waals surface area (Å²) in [5.74, 6) is -0.321. The van der Waals surface area contributed by atoms with Crippen LogP contribution in [-0.4, -0.2) is 27.6 Å². The third-order valence-electron chi connectivity index (χ3n) is 3.14. The number of rotatable bonds is 7. The summed E-state index contributed by atoms with van der Waals surface area (Å²) in [6, 6.07) is 13.3. The molecular formula is C16H16N2O4S. The smallest absolute Gasteiger partial charge is 0.389 e. The number of aromatic nitrogens is 2. The summed E-state index contributed by atoms with van der Waals surface area (Å²) in [7, 11) is 0. The highest BCUT2D eigenvalue weighted by Crippen LogP contribution is 2.21. The molecule has 0 radical (unpaired) electrons. The van der Waals surface area contributed by atoms with Crippen molar-refractivity contribution >= 4 is 11.3 Å². The first-order valence-corrected chi connectivity index (χ1v) is 8.02. The van der Waals surface area contributed by atoms with Crippen molar-refractivity contribution in [2.45, 2.75) is 19.3 Å². The number of hydrogen-bond donors (Lipinski definition) is 1. The van der Waals surface area contributed by atoms with Gasteiger partial charge in [0.15, 0.2) is 0 Å². The summed E-state index contributed by atoms with van der Waals surface area (Å²) in [5.41, 5.74) is 1.03. The molecule has 6 nitrogen and oxygen atoms in total. The molecule has 1 N–H and O–H groups in total. The summed E-state index contributed by atoms with van der Waals surface area (Å²) < 4.78 is 11.7. The zero-order valence-corrected chi connectivity index (χ0v) is 13.1. The Kier molecular flexibility index (Phi) is 5.02. The molecule has 1 aromatic carbocycles. The highest BCUT2D eigenvalue weighted by molar-refractivity contribution is 7.13. The third-order valence-corrected chi connectivity index (χ3v) is 4.00. The first-order valence-electron chi connectivity index (χ1n) is 7.14. The van der Waals surface area contributed by atoms with Gasteiger partial charge in [-0.25, -0.2) is 4.79 Å². The van der Waals surface area contributed by atoms with Crippen molar-refractivity contribution in [3.8, 4) is 10.8 Å². The Hall–Kier alpha value is -2.22. The normalized spacial score (nSPS) is 12.4. The van der Waals surface area contributed by atoms with E-state index in [9.17, 15) is 9.90 Å². The highest BCUT2D eigenvalue weighted by Gasteiger charge is 2.14. The van der Waals surface area contributed by atoms with E-state index in [1.54, 1.807) is 0 Å². The molecule has 7 heteroatoms. The maximum absolute atomic E-state index is 11.8. The van der Waals surface area contributed by atoms with E-state index in [2.05, 4.69) is 5.10 Å². The van der Waals surface area contributed by atoms with E-state index in [1.165, 1.54) is 11.3 Å². The van der Waals surface area contributed by atoms with Crippen LogP contribution in [-0.2, 0) is 17.9 Å². The van der Waals surface area contributed by atoms with E-state index >= 15 is 0 Å². The van der Waals surface area contributed by atoms with Crippen LogP contribution in [0.15, 0.2) is 57.1 Å². The number of benzene rings is 1. The molecule has 23 heavy (non-hydrogen) atoms. The zero-order valence-electron chi connectivity index (χ0n) is 12.3. The molecule has 0 aliphatic rings. The molecule has 0 aliphatic carbocycles. The van der Waals surface area contributed by atoms with Crippen molar-refractivity contribution in [2.75, 3.05) is 6.61 Å². The number of aliphatic hydroxyl groups excluding tert-OH is 1. The fraction of sp³-hybridized carbons (Fsp3) is 0.250. The first-order chi connectivity index (χ1) is 11.2. The lowest BCUT2D eigenvalue weighted by Crippen LogP contribution is -2.28. The van der Waals surface area contributed by atoms with Crippen molar-refractivity contribution in [3.63, 3.8) is 0 Å². The predicted octanol–water partition coefficient (Wildman–Crippen LogP) is 2.14. The molecule has 0 fully saturated rings. The SMILES string of the molecule is O=c1oc(-c2cccs2)nn1CC(O)COCc1ccccc1. The molecule has 1 atom stereocenters. The average Bonchev–Trinajstić information content (AvgIpc) is 3.19. The van der Waals surface area contributed by atoms with Crippen molar-refractivity contribution in [1.29, 1.82) is 0 Å². The Morgan fingerprint density at radius 3 is 2.83 bits per heavy atom. The average molecular weight is 332 g/mol. The lowest BCUT2D eigenvalue weighted by atomic mass is 10.2. The van der Waals surface area contributed by atoms with Gasteiger partial charge in [-0.15, -0.1) is 16.4 Å². The summed E-state index contributed by atoms with van der Waals surface area (Å²) in [6.07, 6.45) is -0.835. The molecule has 2 heterocycles. The lowest BCUT2D eigenvalue weighted by Gasteiger charge is -2.10. The number of hydrogen-bond acceptors (Lipinski definition) is 6. The Morgan fingerprint density at radius 1 is 1.26 bits per heavy atom. The fourth-order valence-electron chi connectivity index (χ4n) is 2.06. The molecule has 0 saturated heterocycles. The van der Waals surface area contributed by atoms with Crippen molar-refractivity contribution < 1.29 is 14.3 Å². The Bertz CT molecular complexity index is 780. The van der Waals surface area contributed by atoms with Gasteiger partial charge in [-0.3, -0.25) is 0 Å². The van der Waals surface area contributed by atoms with Crippen LogP contribution in [0.3, 0.4) is 0 Å². The van der Waals surface area contributed by atoms with E-state index in [1.807, 2.05) is 47.8 Å². The molecule has 1 unspecified atom stereocenters. The second-order valence-corrected chi connectivity index (χ2v) is 5.93. The van der Waals surface area contributed by atoms with Crippen molar-refractivity contribution in [1.82, 2.24) is 9.78 Å². The van der Waals surface area contributed by atoms with Gasteiger partial charge in [-0.1, -0.05) is 36.4 Å². The van der Waals surface area contributed by atoms with Crippen molar-refractivity contribution in [3.05, 3.63) is 64.0 Å². The Labute approximate surface area is 136 Å². The molecule has 0 saturated carbocycles. The van der Waals surface area contributed by atoms with E-state index in [0.29, 0.717) is 6.61 Å². The molecule has 0 spiro atoms. The van der Waals surface area contributed by atoms with Crippen LogP contribution in [0.2, 0.25) is 0 Å². The van der Waals surface area contributed by atoms with Crippen LogP contribution in [0.25, 0.3) is 10.8 Å². The number of nitrogens with zero attached hydrogens (tertiary/aromatic N) is 2. The standard InChI is InChI=1S/C16H16N2O4S/c19-13(11-21-10-12-5-2-1-3-6-12)9-18-16(20)22-15(17-18)14-7-4-8-23-14/h1-8,13,19H,9-11H2. The molecule has 0 amide bonds. The van der Waals surface area contributed by atoms with E-state index in [4.69, 9.17) is 9.15 Å². The summed E-state index contributed by atoms with van der Waals surface area (Å²) >= 11 is 1.43. The summed E-state index contributed by atoms with van der Waals surface area (Å²) in [6.45, 7) is 0.553. The summed E-state index contributed by atoms with van der Waals surface area (Å²) in [4.78, 5) is 12.5. The topological polar surface area (TPSA) is 77.5 Å². The molecule has 2 aromatic heterocycles. The Morgan fingerprint density at radius 2 is 2.09 bits per heavy atom. The van der Waals surface area contributed by atoms with Gasteiger partial charge < -0.3 is 14.3 Å². The maximum atomic E-state index is 11.8. The van der Waals surface area contributed by atoms with Gasteiger partial charge >= 0.3 is 5.76 Å². The monoisotopic (exact) mass is 332 g/mol. The van der Waals surface area contributed by atoms with E-state index in [-0.39, 0.29) is 19.0 Å².